The molecule has 1 fully saturated rings. The zero-order chi connectivity index (χ0) is 13.7. The summed E-state index contributed by atoms with van der Waals surface area (Å²) in [5.74, 6) is 0.817. The van der Waals surface area contributed by atoms with E-state index in [-0.39, 0.29) is 18.1 Å². The molecule has 102 valence electrons. The number of hydrogen-bond acceptors (Lipinski definition) is 5. The van der Waals surface area contributed by atoms with Gasteiger partial charge in [0, 0.05) is 39.7 Å². The number of hydrogen-bond donors (Lipinski definition) is 2. The van der Waals surface area contributed by atoms with Gasteiger partial charge in [-0.15, -0.1) is 0 Å². The van der Waals surface area contributed by atoms with Crippen LogP contribution in [-0.4, -0.2) is 43.9 Å². The van der Waals surface area contributed by atoms with E-state index in [4.69, 9.17) is 5.11 Å². The number of anilines is 1. The monoisotopic (exact) mass is 265 g/mol. The Labute approximate surface area is 107 Å². The van der Waals surface area contributed by atoms with E-state index < -0.39 is 5.69 Å². The van der Waals surface area contributed by atoms with Gasteiger partial charge in [-0.1, -0.05) is 0 Å². The van der Waals surface area contributed by atoms with Crippen LogP contribution >= 0.6 is 0 Å². The molecule has 3 rings (SSSR count). The van der Waals surface area contributed by atoms with Crippen molar-refractivity contribution in [1.82, 2.24) is 19.1 Å². The van der Waals surface area contributed by atoms with Crippen LogP contribution in [-0.2, 0) is 14.1 Å². The Balaban J connectivity index is 2.12. The van der Waals surface area contributed by atoms with Crippen LogP contribution in [0.15, 0.2) is 9.59 Å². The van der Waals surface area contributed by atoms with Crippen molar-refractivity contribution < 1.29 is 5.11 Å². The lowest BCUT2D eigenvalue weighted by molar-refractivity contribution is 0.199. The Morgan fingerprint density at radius 3 is 2.63 bits per heavy atom. The quantitative estimate of drug-likeness (QED) is 0.681. The number of aliphatic hydroxyl groups is 1. The average molecular weight is 265 g/mol. The summed E-state index contributed by atoms with van der Waals surface area (Å²) in [4.78, 5) is 33.0. The first kappa shape index (κ1) is 12.0. The van der Waals surface area contributed by atoms with Gasteiger partial charge >= 0.3 is 5.69 Å². The summed E-state index contributed by atoms with van der Waals surface area (Å²) in [6.07, 6.45) is 0. The van der Waals surface area contributed by atoms with E-state index in [1.54, 1.807) is 7.05 Å². The molecule has 0 unspecified atom stereocenters. The van der Waals surface area contributed by atoms with Gasteiger partial charge in [-0.05, 0) is 0 Å². The summed E-state index contributed by atoms with van der Waals surface area (Å²) >= 11 is 0. The molecule has 0 aliphatic carbocycles. The lowest BCUT2D eigenvalue weighted by atomic mass is 10.0. The molecule has 1 saturated heterocycles. The maximum atomic E-state index is 12.0. The van der Waals surface area contributed by atoms with Gasteiger partial charge < -0.3 is 15.0 Å². The highest BCUT2D eigenvalue weighted by molar-refractivity contribution is 5.73. The lowest BCUT2D eigenvalue weighted by Crippen LogP contribution is -2.48. The molecule has 0 saturated carbocycles. The molecule has 0 bridgehead atoms. The van der Waals surface area contributed by atoms with Crippen molar-refractivity contribution in [2.24, 2.45) is 20.0 Å². The topological polar surface area (TPSA) is 96.2 Å². The van der Waals surface area contributed by atoms with Crippen molar-refractivity contribution in [2.75, 3.05) is 24.6 Å². The van der Waals surface area contributed by atoms with Crippen molar-refractivity contribution in [3.63, 3.8) is 0 Å². The van der Waals surface area contributed by atoms with E-state index in [1.165, 1.54) is 11.6 Å². The molecule has 19 heavy (non-hydrogen) atoms. The third-order valence-electron chi connectivity index (χ3n) is 3.60. The molecule has 0 atom stereocenters. The lowest BCUT2D eigenvalue weighted by Gasteiger charge is -2.37. The minimum atomic E-state index is -0.396. The smallest absolute Gasteiger partial charge is 0.332 e. The van der Waals surface area contributed by atoms with Crippen LogP contribution in [0.1, 0.15) is 0 Å². The summed E-state index contributed by atoms with van der Waals surface area (Å²) in [7, 11) is 3.03. The van der Waals surface area contributed by atoms with Crippen molar-refractivity contribution in [2.45, 2.75) is 0 Å². The minimum Gasteiger partial charge on any atom is -0.396 e. The number of nitrogens with one attached hydrogen (secondary N) is 1. The fourth-order valence-electron chi connectivity index (χ4n) is 2.32. The highest BCUT2D eigenvalue weighted by atomic mass is 16.3. The Bertz CT molecular complexity index is 750. The van der Waals surface area contributed by atoms with Gasteiger partial charge in [0.2, 0.25) is 5.95 Å². The van der Waals surface area contributed by atoms with Gasteiger partial charge in [0.15, 0.2) is 11.2 Å². The number of H-pyrrole nitrogens is 1. The third-order valence-corrected chi connectivity index (χ3v) is 3.60. The molecule has 0 radical (unpaired) electrons. The molecule has 3 heterocycles. The molecule has 1 aliphatic rings. The van der Waals surface area contributed by atoms with Gasteiger partial charge in [0.1, 0.15) is 0 Å². The van der Waals surface area contributed by atoms with Crippen molar-refractivity contribution in [1.29, 1.82) is 0 Å². The van der Waals surface area contributed by atoms with Gasteiger partial charge in [-0.3, -0.25) is 13.9 Å². The van der Waals surface area contributed by atoms with Gasteiger partial charge in [0.25, 0.3) is 5.56 Å². The van der Waals surface area contributed by atoms with Gasteiger partial charge in [-0.25, -0.2) is 4.79 Å². The minimum absolute atomic E-state index is 0.150. The molecule has 8 nitrogen and oxygen atoms in total. The first-order chi connectivity index (χ1) is 9.02. The third kappa shape index (κ3) is 1.60. The van der Waals surface area contributed by atoms with Crippen LogP contribution in [0, 0.1) is 5.92 Å². The highest BCUT2D eigenvalue weighted by Crippen LogP contribution is 2.22. The number of imidazole rings is 1. The van der Waals surface area contributed by atoms with Crippen molar-refractivity contribution in [3.05, 3.63) is 20.8 Å². The van der Waals surface area contributed by atoms with Crippen LogP contribution in [0.4, 0.5) is 5.95 Å². The van der Waals surface area contributed by atoms with Crippen LogP contribution in [0.25, 0.3) is 11.2 Å². The number of nitrogens with zero attached hydrogens (tertiary/aromatic N) is 4. The number of aromatic amines is 1. The van der Waals surface area contributed by atoms with Crippen molar-refractivity contribution >= 4 is 17.1 Å². The predicted octanol–water partition coefficient (Wildman–Crippen LogP) is -1.61. The van der Waals surface area contributed by atoms with E-state index in [2.05, 4.69) is 9.97 Å². The van der Waals surface area contributed by atoms with Crippen LogP contribution in [0.3, 0.4) is 0 Å². The number of rotatable bonds is 2. The van der Waals surface area contributed by atoms with Crippen LogP contribution in [0.5, 0.6) is 0 Å². The summed E-state index contributed by atoms with van der Waals surface area (Å²) < 4.78 is 2.40. The Hall–Kier alpha value is -2.09. The van der Waals surface area contributed by atoms with E-state index in [1.807, 2.05) is 4.90 Å². The van der Waals surface area contributed by atoms with E-state index in [0.717, 1.165) is 4.57 Å². The van der Waals surface area contributed by atoms with E-state index in [0.29, 0.717) is 30.2 Å². The molecular weight excluding hydrogens is 250 g/mol. The van der Waals surface area contributed by atoms with Gasteiger partial charge in [0.05, 0.1) is 0 Å². The number of aliphatic hydroxyl groups excluding tert-OH is 1. The first-order valence-corrected chi connectivity index (χ1v) is 6.04. The average Bonchev–Trinajstić information content (AvgIpc) is 2.77. The molecule has 0 aromatic carbocycles. The van der Waals surface area contributed by atoms with Gasteiger partial charge in [-0.2, -0.15) is 4.98 Å². The Kier molecular flexibility index (Phi) is 2.49. The van der Waals surface area contributed by atoms with E-state index in [9.17, 15) is 9.59 Å². The van der Waals surface area contributed by atoms with E-state index >= 15 is 0 Å². The normalized spacial score (nSPS) is 16.1. The summed E-state index contributed by atoms with van der Waals surface area (Å²) in [5, 5.41) is 9.00. The van der Waals surface area contributed by atoms with Crippen LogP contribution < -0.4 is 16.1 Å². The Morgan fingerprint density at radius 1 is 1.32 bits per heavy atom. The number of aryl methyl sites for hydroxylation is 1. The summed E-state index contributed by atoms with van der Waals surface area (Å²) in [6, 6.07) is 0. The SMILES string of the molecule is Cn1c(=O)c2[nH]c(N3CC(CO)C3)nc2n(C)c1=O. The standard InChI is InChI=1S/C11H15N5O3/c1-14-8-7(9(18)15(2)11(14)19)12-10(13-8)16-3-6(4-16)5-17/h6,17H,3-5H2,1-2H3,(H,12,13). The number of fused-ring (bicyclic) bond motifs is 1. The molecule has 1 aliphatic heterocycles. The molecule has 2 aromatic heterocycles. The first-order valence-electron chi connectivity index (χ1n) is 6.04. The summed E-state index contributed by atoms with van der Waals surface area (Å²) in [5.41, 5.74) is -0.0916. The molecule has 2 N–H and O–H groups in total. The molecule has 0 amide bonds. The maximum absolute atomic E-state index is 12.0. The summed E-state index contributed by atoms with van der Waals surface area (Å²) in [6.45, 7) is 1.55. The molecular formula is C11H15N5O3. The van der Waals surface area contributed by atoms with Crippen molar-refractivity contribution in [3.8, 4) is 0 Å². The fraction of sp³-hybridized carbons (Fsp3) is 0.545. The molecule has 2 aromatic rings. The second kappa shape index (κ2) is 3.95. The second-order valence-electron chi connectivity index (χ2n) is 4.92. The largest absolute Gasteiger partial charge is 0.396 e. The second-order valence-corrected chi connectivity index (χ2v) is 4.92. The molecule has 8 heteroatoms. The fourth-order valence-corrected chi connectivity index (χ4v) is 2.32. The molecule has 0 spiro atoms. The highest BCUT2D eigenvalue weighted by Gasteiger charge is 2.29. The zero-order valence-corrected chi connectivity index (χ0v) is 10.8. The van der Waals surface area contributed by atoms with Crippen LogP contribution in [0.2, 0.25) is 0 Å². The Morgan fingerprint density at radius 2 is 2.00 bits per heavy atom. The zero-order valence-electron chi connectivity index (χ0n) is 10.8. The maximum Gasteiger partial charge on any atom is 0.332 e. The predicted molar refractivity (Wildman–Crippen MR) is 69.4 cm³/mol. The number of aromatic nitrogens is 4.